The second kappa shape index (κ2) is 9.24. The summed E-state index contributed by atoms with van der Waals surface area (Å²) in [5, 5.41) is 35.2. The van der Waals surface area contributed by atoms with E-state index in [9.17, 15) is 19.5 Å². The number of thioether (sulfide) groups is 1. The number of carbonyl (C=O) groups is 1. The van der Waals surface area contributed by atoms with Gasteiger partial charge in [0.05, 0.1) is 24.5 Å². The van der Waals surface area contributed by atoms with E-state index in [4.69, 9.17) is 9.74 Å². The molecule has 9 nitrogen and oxygen atoms in total. The van der Waals surface area contributed by atoms with Crippen LogP contribution in [0, 0.1) is 5.82 Å². The highest BCUT2D eigenvalue weighted by molar-refractivity contribution is 8.00. The minimum Gasteiger partial charge on any atom is -0.394 e. The van der Waals surface area contributed by atoms with Crippen LogP contribution in [0.15, 0.2) is 32.8 Å². The molecular formula is C17H19FN4O5S. The molecule has 1 aliphatic rings. The first-order valence-electron chi connectivity index (χ1n) is 8.54. The molecule has 1 heterocycles. The Balaban J connectivity index is 1.65. The van der Waals surface area contributed by atoms with Crippen LogP contribution >= 0.6 is 11.8 Å². The summed E-state index contributed by atoms with van der Waals surface area (Å²) >= 11 is 1.05. The number of hydrogen-bond donors (Lipinski definition) is 4. The van der Waals surface area contributed by atoms with Crippen LogP contribution in [0.3, 0.4) is 0 Å². The van der Waals surface area contributed by atoms with Crippen molar-refractivity contribution in [2.24, 2.45) is 4.99 Å². The number of nitrogens with one attached hydrogen (secondary N) is 1. The third-order valence-electron chi connectivity index (χ3n) is 4.29. The van der Waals surface area contributed by atoms with E-state index in [0.29, 0.717) is 6.42 Å². The number of aromatic nitrogens is 2. The fraction of sp³-hybridized carbons (Fsp3) is 0.412. The molecule has 0 amide bonds. The lowest BCUT2D eigenvalue weighted by molar-refractivity contribution is -0.117. The molecule has 1 aromatic carbocycles. The van der Waals surface area contributed by atoms with Gasteiger partial charge in [-0.05, 0) is 46.4 Å². The predicted octanol–water partition coefficient (Wildman–Crippen LogP) is 1.03. The van der Waals surface area contributed by atoms with Crippen molar-refractivity contribution >= 4 is 23.4 Å². The number of fused-ring (bicyclic) bond motifs is 1. The van der Waals surface area contributed by atoms with Gasteiger partial charge in [-0.1, -0.05) is 17.8 Å². The second-order valence-corrected chi connectivity index (χ2v) is 7.24. The van der Waals surface area contributed by atoms with Gasteiger partial charge in [-0.2, -0.15) is 0 Å². The maximum absolute atomic E-state index is 13.4. The molecule has 1 aliphatic carbocycles. The number of aliphatic imine (C=N–C) groups is 1. The molecule has 28 heavy (non-hydrogen) atoms. The quantitative estimate of drug-likeness (QED) is 0.206. The molecule has 0 bridgehead atoms. The minimum absolute atomic E-state index is 0.00631. The van der Waals surface area contributed by atoms with Crippen molar-refractivity contribution in [3.05, 3.63) is 40.8 Å². The first kappa shape index (κ1) is 20.4. The molecule has 2 unspecified atom stereocenters. The lowest BCUT2D eigenvalue weighted by atomic mass is 9.83. The monoisotopic (exact) mass is 410 g/mol. The van der Waals surface area contributed by atoms with E-state index >= 15 is 0 Å². The molecule has 150 valence electrons. The van der Waals surface area contributed by atoms with E-state index < -0.39 is 12.7 Å². The highest BCUT2D eigenvalue weighted by Gasteiger charge is 2.28. The molecule has 2 atom stereocenters. The zero-order valence-corrected chi connectivity index (χ0v) is 15.5. The van der Waals surface area contributed by atoms with E-state index in [-0.39, 0.29) is 52.8 Å². The van der Waals surface area contributed by atoms with Crippen LogP contribution in [0.4, 0.5) is 4.39 Å². The Labute approximate surface area is 163 Å². The molecule has 0 spiro atoms. The van der Waals surface area contributed by atoms with E-state index in [1.807, 2.05) is 5.48 Å². The Kier molecular flexibility index (Phi) is 6.73. The van der Waals surface area contributed by atoms with Crippen molar-refractivity contribution in [1.29, 1.82) is 0 Å². The number of halogens is 1. The van der Waals surface area contributed by atoms with Crippen LogP contribution in [0.1, 0.15) is 35.7 Å². The fourth-order valence-corrected chi connectivity index (χ4v) is 3.52. The Morgan fingerprint density at radius 3 is 3.04 bits per heavy atom. The van der Waals surface area contributed by atoms with Crippen LogP contribution in [0.25, 0.3) is 0 Å². The fourth-order valence-electron chi connectivity index (χ4n) is 2.72. The number of Topliss-reactive ketones (excluding diaryl/α,β-unsaturated/α-hetero) is 1. The zero-order chi connectivity index (χ0) is 20.1. The largest absolute Gasteiger partial charge is 0.394 e. The summed E-state index contributed by atoms with van der Waals surface area (Å²) in [7, 11) is 0. The maximum atomic E-state index is 13.4. The van der Waals surface area contributed by atoms with E-state index in [1.54, 1.807) is 6.07 Å². The predicted molar refractivity (Wildman–Crippen MR) is 96.7 cm³/mol. The standard InChI is InChI=1S/C17H19FN4O5S/c18-10-2-1-9-5-14(13(9)6-10)19-16(20-26)15-17(22-27-21-15)28-8-12(25)4-3-11(24)7-23/h1-2,6,11,14,23-24,26H,3-5,7-8H2,(H,19,20). The van der Waals surface area contributed by atoms with Gasteiger partial charge in [0.15, 0.2) is 16.6 Å². The molecule has 0 fully saturated rings. The lowest BCUT2D eigenvalue weighted by Gasteiger charge is -2.27. The number of nitrogens with zero attached hydrogens (tertiary/aromatic N) is 3. The number of aliphatic hydroxyl groups excluding tert-OH is 2. The van der Waals surface area contributed by atoms with Gasteiger partial charge in [0.25, 0.3) is 0 Å². The van der Waals surface area contributed by atoms with Gasteiger partial charge >= 0.3 is 0 Å². The van der Waals surface area contributed by atoms with Crippen molar-refractivity contribution in [2.75, 3.05) is 12.4 Å². The third-order valence-corrected chi connectivity index (χ3v) is 5.30. The van der Waals surface area contributed by atoms with Crippen molar-refractivity contribution in [3.8, 4) is 0 Å². The molecule has 3 rings (SSSR count). The highest BCUT2D eigenvalue weighted by atomic mass is 32.2. The molecule has 0 saturated heterocycles. The number of rotatable bonds is 9. The van der Waals surface area contributed by atoms with Gasteiger partial charge in [-0.25, -0.2) is 9.02 Å². The van der Waals surface area contributed by atoms with Crippen molar-refractivity contribution in [1.82, 2.24) is 15.8 Å². The van der Waals surface area contributed by atoms with Gasteiger partial charge in [0.1, 0.15) is 11.6 Å². The number of aliphatic hydroxyl groups is 2. The van der Waals surface area contributed by atoms with Gasteiger partial charge < -0.3 is 10.2 Å². The average Bonchev–Trinajstić information content (AvgIpc) is 3.15. The smallest absolute Gasteiger partial charge is 0.185 e. The van der Waals surface area contributed by atoms with Gasteiger partial charge in [0, 0.05) is 6.42 Å². The lowest BCUT2D eigenvalue weighted by Crippen LogP contribution is -2.25. The third kappa shape index (κ3) is 4.73. The molecule has 11 heteroatoms. The second-order valence-electron chi connectivity index (χ2n) is 6.27. The number of amidine groups is 1. The minimum atomic E-state index is -0.925. The van der Waals surface area contributed by atoms with Gasteiger partial charge in [-0.15, -0.1) is 0 Å². The van der Waals surface area contributed by atoms with E-state index in [2.05, 4.69) is 15.3 Å². The van der Waals surface area contributed by atoms with Crippen LogP contribution in [-0.4, -0.2) is 55.8 Å². The zero-order valence-electron chi connectivity index (χ0n) is 14.7. The summed E-state index contributed by atoms with van der Waals surface area (Å²) < 4.78 is 18.1. The molecule has 2 aromatic rings. The van der Waals surface area contributed by atoms with E-state index in [1.165, 1.54) is 12.1 Å². The summed E-state index contributed by atoms with van der Waals surface area (Å²) in [4.78, 5) is 16.2. The Bertz CT molecular complexity index is 875. The van der Waals surface area contributed by atoms with E-state index in [0.717, 1.165) is 22.9 Å². The average molecular weight is 410 g/mol. The number of ketones is 1. The van der Waals surface area contributed by atoms with Gasteiger partial charge in [-0.3, -0.25) is 20.5 Å². The van der Waals surface area contributed by atoms with Crippen LogP contribution in [-0.2, 0) is 11.2 Å². The Morgan fingerprint density at radius 2 is 2.29 bits per heavy atom. The number of carbonyl (C=O) groups excluding carboxylic acids is 1. The number of hydrogen-bond acceptors (Lipinski definition) is 9. The maximum Gasteiger partial charge on any atom is 0.185 e. The molecule has 0 aliphatic heterocycles. The molecular weight excluding hydrogens is 391 g/mol. The van der Waals surface area contributed by atoms with Crippen LogP contribution in [0.2, 0.25) is 0 Å². The number of hydroxylamine groups is 1. The normalized spacial score (nSPS) is 17.0. The molecule has 0 saturated carbocycles. The van der Waals surface area contributed by atoms with Crippen molar-refractivity contribution in [3.63, 3.8) is 0 Å². The Hall–Kier alpha value is -2.34. The first-order chi connectivity index (χ1) is 13.5. The van der Waals surface area contributed by atoms with Crippen molar-refractivity contribution < 1.29 is 29.2 Å². The van der Waals surface area contributed by atoms with Gasteiger partial charge in [0.2, 0.25) is 0 Å². The summed E-state index contributed by atoms with van der Waals surface area (Å²) in [5.41, 5.74) is 3.81. The topological polar surface area (TPSA) is 141 Å². The molecule has 1 aromatic heterocycles. The SMILES string of the molecule is O=C(CCC(O)CO)CSc1nonc1C(=NC1Cc2ccc(F)cc21)NO. The summed E-state index contributed by atoms with van der Waals surface area (Å²) in [6, 6.07) is 4.15. The summed E-state index contributed by atoms with van der Waals surface area (Å²) in [5.74, 6) is -0.450. The molecule has 4 N–H and O–H groups in total. The van der Waals surface area contributed by atoms with Crippen molar-refractivity contribution in [2.45, 2.75) is 36.4 Å². The summed E-state index contributed by atoms with van der Waals surface area (Å²) in [6.45, 7) is -0.395. The van der Waals surface area contributed by atoms with Crippen LogP contribution in [0.5, 0.6) is 0 Å². The van der Waals surface area contributed by atoms with Crippen LogP contribution < -0.4 is 5.48 Å². The number of benzene rings is 1. The molecule has 0 radical (unpaired) electrons. The Morgan fingerprint density at radius 1 is 1.46 bits per heavy atom. The summed E-state index contributed by atoms with van der Waals surface area (Å²) in [6.07, 6.45) is -0.0487. The first-order valence-corrected chi connectivity index (χ1v) is 9.53. The highest BCUT2D eigenvalue weighted by Crippen LogP contribution is 2.37.